The Labute approximate surface area is 116 Å². The minimum absolute atomic E-state index is 0.0562. The van der Waals surface area contributed by atoms with Gasteiger partial charge in [0.05, 0.1) is 6.07 Å². The zero-order chi connectivity index (χ0) is 14.0. The van der Waals surface area contributed by atoms with Crippen LogP contribution in [0.2, 0.25) is 0 Å². The van der Waals surface area contributed by atoms with E-state index in [1.165, 1.54) is 11.8 Å². The number of nitrogens with zero attached hydrogens (tertiary/aromatic N) is 3. The van der Waals surface area contributed by atoms with Crippen LogP contribution in [0.1, 0.15) is 32.7 Å². The summed E-state index contributed by atoms with van der Waals surface area (Å²) in [5.74, 6) is 1.01. The van der Waals surface area contributed by atoms with E-state index in [1.807, 2.05) is 20.9 Å². The molecule has 104 valence electrons. The predicted octanol–water partition coefficient (Wildman–Crippen LogP) is 1.14. The molecule has 0 aromatic carbocycles. The molecule has 19 heavy (non-hydrogen) atoms. The molecule has 1 aromatic rings. The molecule has 0 radical (unpaired) electrons. The van der Waals surface area contributed by atoms with Gasteiger partial charge in [-0.15, -0.1) is 5.10 Å². The number of thioether (sulfide) groups is 1. The average molecular weight is 281 g/mol. The van der Waals surface area contributed by atoms with E-state index in [-0.39, 0.29) is 11.7 Å². The largest absolute Gasteiger partial charge is 0.344 e. The fraction of sp³-hybridized carbons (Fsp3) is 0.750. The van der Waals surface area contributed by atoms with Crippen LogP contribution in [0, 0.1) is 17.2 Å². The number of aromatic nitrogens is 3. The van der Waals surface area contributed by atoms with Gasteiger partial charge in [0, 0.05) is 11.8 Å². The molecule has 1 aliphatic carbocycles. The van der Waals surface area contributed by atoms with Crippen molar-refractivity contribution in [3.8, 4) is 6.07 Å². The van der Waals surface area contributed by atoms with E-state index in [4.69, 9.17) is 0 Å². The molecule has 6 nitrogen and oxygen atoms in total. The van der Waals surface area contributed by atoms with Crippen molar-refractivity contribution in [3.05, 3.63) is 10.5 Å². The van der Waals surface area contributed by atoms with Crippen LogP contribution in [0.15, 0.2) is 9.95 Å². The van der Waals surface area contributed by atoms with Crippen LogP contribution in [-0.4, -0.2) is 33.1 Å². The molecule has 1 aromatic heterocycles. The normalized spacial score (nSPS) is 18.3. The predicted molar refractivity (Wildman–Crippen MR) is 74.1 cm³/mol. The number of H-pyrrole nitrogens is 1. The van der Waals surface area contributed by atoms with Crippen LogP contribution >= 0.6 is 11.8 Å². The minimum Gasteiger partial charge on any atom is -0.302 e. The molecule has 2 rings (SSSR count). The highest BCUT2D eigenvalue weighted by Crippen LogP contribution is 2.41. The summed E-state index contributed by atoms with van der Waals surface area (Å²) in [6.07, 6.45) is 2.18. The number of hydrogen-bond donors (Lipinski definition) is 2. The van der Waals surface area contributed by atoms with Crippen molar-refractivity contribution in [2.75, 3.05) is 12.8 Å². The molecule has 0 spiro atoms. The van der Waals surface area contributed by atoms with Crippen LogP contribution in [0.25, 0.3) is 0 Å². The summed E-state index contributed by atoms with van der Waals surface area (Å²) in [7, 11) is 1.82. The zero-order valence-electron chi connectivity index (χ0n) is 11.4. The van der Waals surface area contributed by atoms with Gasteiger partial charge in [0.1, 0.15) is 5.54 Å². The molecule has 2 N–H and O–H groups in total. The first kappa shape index (κ1) is 14.2. The van der Waals surface area contributed by atoms with Crippen LogP contribution in [0.5, 0.6) is 0 Å². The monoisotopic (exact) mass is 281 g/mol. The van der Waals surface area contributed by atoms with Gasteiger partial charge in [-0.05, 0) is 39.7 Å². The summed E-state index contributed by atoms with van der Waals surface area (Å²) >= 11 is 1.46. The Morgan fingerprint density at radius 1 is 1.68 bits per heavy atom. The highest BCUT2D eigenvalue weighted by Gasteiger charge is 2.45. The quantitative estimate of drug-likeness (QED) is 0.764. The molecule has 0 bridgehead atoms. The van der Waals surface area contributed by atoms with Crippen molar-refractivity contribution in [1.82, 2.24) is 20.1 Å². The van der Waals surface area contributed by atoms with Gasteiger partial charge in [-0.3, -0.25) is 4.57 Å². The van der Waals surface area contributed by atoms with Gasteiger partial charge in [0.2, 0.25) is 0 Å². The topological polar surface area (TPSA) is 86.5 Å². The van der Waals surface area contributed by atoms with Crippen molar-refractivity contribution >= 4 is 11.8 Å². The van der Waals surface area contributed by atoms with E-state index in [0.29, 0.717) is 16.8 Å². The number of aromatic amines is 1. The Balaban J connectivity index is 2.14. The molecule has 1 unspecified atom stereocenters. The third kappa shape index (κ3) is 2.69. The Morgan fingerprint density at radius 3 is 2.84 bits per heavy atom. The zero-order valence-corrected chi connectivity index (χ0v) is 12.3. The molecule has 1 fully saturated rings. The van der Waals surface area contributed by atoms with E-state index < -0.39 is 5.54 Å². The van der Waals surface area contributed by atoms with Gasteiger partial charge in [-0.2, -0.15) is 5.26 Å². The lowest BCUT2D eigenvalue weighted by molar-refractivity contribution is 0.440. The second-order valence-corrected chi connectivity index (χ2v) is 6.11. The lowest BCUT2D eigenvalue weighted by Gasteiger charge is -2.25. The van der Waals surface area contributed by atoms with E-state index >= 15 is 0 Å². The smallest absolute Gasteiger partial charge is 0.302 e. The molecule has 1 saturated carbocycles. The summed E-state index contributed by atoms with van der Waals surface area (Å²) in [6.45, 7) is 3.88. The van der Waals surface area contributed by atoms with Gasteiger partial charge in [-0.1, -0.05) is 11.8 Å². The van der Waals surface area contributed by atoms with E-state index in [1.54, 1.807) is 4.57 Å². The van der Waals surface area contributed by atoms with Crippen molar-refractivity contribution in [1.29, 1.82) is 5.26 Å². The second kappa shape index (κ2) is 5.39. The van der Waals surface area contributed by atoms with Crippen LogP contribution < -0.4 is 11.0 Å². The molecule has 1 heterocycles. The first-order valence-electron chi connectivity index (χ1n) is 6.44. The molecule has 7 heteroatoms. The summed E-state index contributed by atoms with van der Waals surface area (Å²) in [5, 5.41) is 19.7. The van der Waals surface area contributed by atoms with Gasteiger partial charge < -0.3 is 5.32 Å². The average Bonchev–Trinajstić information content (AvgIpc) is 3.16. The summed E-state index contributed by atoms with van der Waals surface area (Å²) in [6, 6.07) is 2.45. The fourth-order valence-electron chi connectivity index (χ4n) is 2.18. The van der Waals surface area contributed by atoms with Gasteiger partial charge in [-0.25, -0.2) is 9.89 Å². The van der Waals surface area contributed by atoms with Crippen molar-refractivity contribution < 1.29 is 0 Å². The summed E-state index contributed by atoms with van der Waals surface area (Å²) in [5.41, 5.74) is -0.711. The Hall–Kier alpha value is -1.26. The van der Waals surface area contributed by atoms with Crippen molar-refractivity contribution in [2.24, 2.45) is 5.92 Å². The second-order valence-electron chi connectivity index (χ2n) is 5.17. The Morgan fingerprint density at radius 2 is 2.37 bits per heavy atom. The lowest BCUT2D eigenvalue weighted by Crippen LogP contribution is -2.46. The van der Waals surface area contributed by atoms with Gasteiger partial charge in [0.25, 0.3) is 0 Å². The van der Waals surface area contributed by atoms with Gasteiger partial charge >= 0.3 is 5.69 Å². The maximum Gasteiger partial charge on any atom is 0.344 e. The Kier molecular flexibility index (Phi) is 4.02. The van der Waals surface area contributed by atoms with Crippen LogP contribution in [0.3, 0.4) is 0 Å². The van der Waals surface area contributed by atoms with Crippen molar-refractivity contribution in [2.45, 2.75) is 43.4 Å². The number of rotatable bonds is 6. The number of hydrogen-bond acceptors (Lipinski definition) is 5. The van der Waals surface area contributed by atoms with E-state index in [9.17, 15) is 10.1 Å². The van der Waals surface area contributed by atoms with Gasteiger partial charge in [0.15, 0.2) is 5.16 Å². The van der Waals surface area contributed by atoms with Crippen LogP contribution in [-0.2, 0) is 0 Å². The summed E-state index contributed by atoms with van der Waals surface area (Å²) < 4.78 is 1.62. The minimum atomic E-state index is -0.512. The maximum atomic E-state index is 11.6. The maximum absolute atomic E-state index is 11.6. The number of nitriles is 1. The highest BCUT2D eigenvalue weighted by molar-refractivity contribution is 7.99. The SMILES string of the molecule is CNC(C#N)(CSc1n[nH]c(=O)n1C(C)C)C1CC1. The fourth-order valence-corrected chi connectivity index (χ4v) is 3.52. The van der Waals surface area contributed by atoms with E-state index in [0.717, 1.165) is 12.8 Å². The molecule has 0 amide bonds. The summed E-state index contributed by atoms with van der Waals surface area (Å²) in [4.78, 5) is 11.6. The molecule has 1 atom stereocenters. The molecule has 0 saturated heterocycles. The standard InChI is InChI=1S/C12H19N5OS/c1-8(2)17-10(18)15-16-11(17)19-7-12(6-13,14-3)9-4-5-9/h8-9,14H,4-5,7H2,1-3H3,(H,15,18). The molecular weight excluding hydrogens is 262 g/mol. The molecular formula is C12H19N5OS. The van der Waals surface area contributed by atoms with E-state index in [2.05, 4.69) is 21.6 Å². The highest BCUT2D eigenvalue weighted by atomic mass is 32.2. The molecule has 0 aliphatic heterocycles. The first-order chi connectivity index (χ1) is 9.04. The lowest BCUT2D eigenvalue weighted by atomic mass is 9.98. The third-order valence-corrected chi connectivity index (χ3v) is 4.68. The van der Waals surface area contributed by atoms with Crippen LogP contribution in [0.4, 0.5) is 0 Å². The Bertz CT molecular complexity index is 539. The third-order valence-electron chi connectivity index (χ3n) is 3.54. The first-order valence-corrected chi connectivity index (χ1v) is 7.42. The molecule has 1 aliphatic rings. The number of nitrogens with one attached hydrogen (secondary N) is 2. The van der Waals surface area contributed by atoms with Crippen molar-refractivity contribution in [3.63, 3.8) is 0 Å².